The lowest BCUT2D eigenvalue weighted by Crippen LogP contribution is -2.01. The van der Waals surface area contributed by atoms with Crippen LogP contribution in [-0.2, 0) is 26.8 Å². The minimum absolute atomic E-state index is 0.00805. The van der Waals surface area contributed by atoms with E-state index in [1.807, 2.05) is 94.4 Å². The van der Waals surface area contributed by atoms with Gasteiger partial charge in [-0.05, 0) is 170 Å². The quantitative estimate of drug-likeness (QED) is 0.0638. The largest absolute Gasteiger partial charge is 0.505 e. The van der Waals surface area contributed by atoms with Crippen molar-refractivity contribution in [3.05, 3.63) is 166 Å². The van der Waals surface area contributed by atoms with Crippen LogP contribution >= 0.6 is 0 Å². The summed E-state index contributed by atoms with van der Waals surface area (Å²) in [6.45, 7) is 11.9. The number of benzene rings is 8. The van der Waals surface area contributed by atoms with Crippen molar-refractivity contribution in [1.29, 1.82) is 0 Å². The number of anilines is 1. The zero-order valence-corrected chi connectivity index (χ0v) is 39.8. The van der Waals surface area contributed by atoms with Crippen LogP contribution in [0, 0.1) is 41.5 Å². The third-order valence-electron chi connectivity index (χ3n) is 11.4. The Hall–Kier alpha value is -7.90. The first-order chi connectivity index (χ1) is 32.8. The van der Waals surface area contributed by atoms with E-state index in [9.17, 15) is 31.0 Å². The van der Waals surface area contributed by atoms with E-state index in [1.165, 1.54) is 17.7 Å². The highest BCUT2D eigenvalue weighted by atomic mass is 32.2. The highest BCUT2D eigenvalue weighted by molar-refractivity contribution is 7.86. The molecule has 8 aromatic carbocycles. The van der Waals surface area contributed by atoms with E-state index < -0.39 is 30.0 Å². The number of nitrogens with zero attached hydrogens (tertiary/aromatic N) is 8. The highest BCUT2D eigenvalue weighted by Crippen LogP contribution is 2.40. The molecular weight excluding hydrogens is 915 g/mol. The molecule has 8 rings (SSSR count). The molecule has 0 spiro atoms. The first-order valence-electron chi connectivity index (χ1n) is 21.4. The Morgan fingerprint density at radius 3 is 1.30 bits per heavy atom. The van der Waals surface area contributed by atoms with Crippen LogP contribution in [-0.4, -0.2) is 31.0 Å². The SMILES string of the molecule is Cc1cc(N=Nc2cc(C)c(N=Nc3ccc4cc(NCc5ccccc5)ccc4c3O)cc2C)c(C)cc1N=Nc1cc(C)c(N=Nc2cc3c(S(=O)(=O)O)cccc3cc2S(=O)(=O)O)cc1C. The number of azo groups is 4. The molecule has 0 amide bonds. The molecule has 16 nitrogen and oxygen atoms in total. The van der Waals surface area contributed by atoms with E-state index in [0.717, 1.165) is 51.5 Å². The molecule has 18 heteroatoms. The van der Waals surface area contributed by atoms with Crippen LogP contribution in [0.3, 0.4) is 0 Å². The van der Waals surface area contributed by atoms with Crippen molar-refractivity contribution >= 4 is 93.0 Å². The van der Waals surface area contributed by atoms with Gasteiger partial charge in [0.05, 0.1) is 34.1 Å². The van der Waals surface area contributed by atoms with Crippen LogP contribution in [0.25, 0.3) is 21.5 Å². The van der Waals surface area contributed by atoms with Crippen molar-refractivity contribution in [2.24, 2.45) is 40.9 Å². The minimum Gasteiger partial charge on any atom is -0.505 e. The van der Waals surface area contributed by atoms with E-state index in [1.54, 1.807) is 32.0 Å². The summed E-state index contributed by atoms with van der Waals surface area (Å²) < 4.78 is 68.4. The molecule has 0 aliphatic carbocycles. The predicted molar refractivity (Wildman–Crippen MR) is 267 cm³/mol. The highest BCUT2D eigenvalue weighted by Gasteiger charge is 2.21. The summed E-state index contributed by atoms with van der Waals surface area (Å²) in [5.74, 6) is 0.0499. The van der Waals surface area contributed by atoms with Gasteiger partial charge in [-0.1, -0.05) is 48.5 Å². The molecule has 0 saturated heterocycles. The second-order valence-electron chi connectivity index (χ2n) is 16.5. The average Bonchev–Trinajstić information content (AvgIpc) is 3.31. The summed E-state index contributed by atoms with van der Waals surface area (Å²) in [7, 11) is -9.48. The summed E-state index contributed by atoms with van der Waals surface area (Å²) in [4.78, 5) is -1.05. The lowest BCUT2D eigenvalue weighted by atomic mass is 10.1. The fourth-order valence-electron chi connectivity index (χ4n) is 7.50. The lowest BCUT2D eigenvalue weighted by molar-refractivity contribution is 0.482. The van der Waals surface area contributed by atoms with Crippen molar-refractivity contribution in [3.8, 4) is 5.75 Å². The fourth-order valence-corrected chi connectivity index (χ4v) is 8.85. The molecule has 0 heterocycles. The molecule has 69 heavy (non-hydrogen) atoms. The molecule has 0 aromatic heterocycles. The van der Waals surface area contributed by atoms with Gasteiger partial charge in [0.2, 0.25) is 0 Å². The maximum absolute atomic E-state index is 12.3. The number of nitrogens with one attached hydrogen (secondary N) is 1. The van der Waals surface area contributed by atoms with Gasteiger partial charge < -0.3 is 10.4 Å². The molecule has 0 aliphatic heterocycles. The Morgan fingerprint density at radius 2 is 0.841 bits per heavy atom. The number of hydrogen-bond donors (Lipinski definition) is 4. The Balaban J connectivity index is 0.955. The molecule has 0 atom stereocenters. The summed E-state index contributed by atoms with van der Waals surface area (Å²) in [6, 6.07) is 36.7. The van der Waals surface area contributed by atoms with Gasteiger partial charge in [0, 0.05) is 23.0 Å². The van der Waals surface area contributed by atoms with Crippen LogP contribution in [0.2, 0.25) is 0 Å². The van der Waals surface area contributed by atoms with Gasteiger partial charge in [-0.25, -0.2) is 0 Å². The maximum Gasteiger partial charge on any atom is 0.296 e. The third kappa shape index (κ3) is 10.8. The molecule has 4 N–H and O–H groups in total. The number of aryl methyl sites for hydroxylation is 6. The number of aromatic hydroxyl groups is 1. The summed E-state index contributed by atoms with van der Waals surface area (Å²) in [5.41, 5.74) is 10.2. The number of hydrogen-bond acceptors (Lipinski definition) is 14. The number of phenolic OH excluding ortho intramolecular Hbond substituents is 1. The van der Waals surface area contributed by atoms with Crippen molar-refractivity contribution in [1.82, 2.24) is 0 Å². The van der Waals surface area contributed by atoms with Crippen molar-refractivity contribution in [2.75, 3.05) is 5.32 Å². The molecule has 0 saturated carbocycles. The van der Waals surface area contributed by atoms with E-state index >= 15 is 0 Å². The number of rotatable bonds is 13. The van der Waals surface area contributed by atoms with E-state index in [0.29, 0.717) is 62.9 Å². The number of fused-ring (bicyclic) bond motifs is 2. The second kappa shape index (κ2) is 19.4. The zero-order chi connectivity index (χ0) is 49.2. The molecule has 0 radical (unpaired) electrons. The molecule has 0 aliphatic rings. The van der Waals surface area contributed by atoms with Gasteiger partial charge in [0.1, 0.15) is 21.2 Å². The van der Waals surface area contributed by atoms with Crippen molar-refractivity contribution in [3.63, 3.8) is 0 Å². The summed E-state index contributed by atoms with van der Waals surface area (Å²) >= 11 is 0. The van der Waals surface area contributed by atoms with Crippen LogP contribution < -0.4 is 5.32 Å². The Kier molecular flexibility index (Phi) is 13.4. The normalized spacial score (nSPS) is 12.5. The standard InChI is InChI=1S/C51H45N9O7S2/c1-29-20-43(30(2)19-42(29)54-53-41-18-15-37-25-38(16-17-39(37)51(41)61)52-28-35-11-8-7-9-12-35)55-56-44-21-32(4)45(22-31(44)3)57-58-46-23-34(6)47(24-33(46)5)59-60-48-27-40-36(26-50(48)69(65,66)67)13-10-14-49(40)68(62,63)64/h7-27,52,61H,28H2,1-6H3,(H,62,63,64)(H,65,66,67). The third-order valence-corrected chi connectivity index (χ3v) is 13.2. The van der Waals surface area contributed by atoms with E-state index in [2.05, 4.69) is 58.4 Å². The van der Waals surface area contributed by atoms with Gasteiger partial charge in [-0.3, -0.25) is 9.11 Å². The fraction of sp³-hybridized carbons (Fsp3) is 0.137. The number of phenols is 1. The lowest BCUT2D eigenvalue weighted by Gasteiger charge is -2.10. The van der Waals surface area contributed by atoms with Crippen LogP contribution in [0.1, 0.15) is 38.9 Å². The smallest absolute Gasteiger partial charge is 0.296 e. The maximum atomic E-state index is 12.3. The molecule has 0 unspecified atom stereocenters. The molecular formula is C51H45N9O7S2. The van der Waals surface area contributed by atoms with Gasteiger partial charge in [-0.2, -0.15) is 47.5 Å². The molecule has 0 bridgehead atoms. The van der Waals surface area contributed by atoms with E-state index in [-0.39, 0.29) is 22.2 Å². The van der Waals surface area contributed by atoms with Crippen molar-refractivity contribution < 1.29 is 31.0 Å². The van der Waals surface area contributed by atoms with Gasteiger partial charge in [0.15, 0.2) is 5.75 Å². The Bertz CT molecular complexity index is 3710. The summed E-state index contributed by atoms with van der Waals surface area (Å²) in [5, 5.41) is 51.6. The topological polar surface area (TPSA) is 240 Å². The molecule has 8 aromatic rings. The van der Waals surface area contributed by atoms with Crippen molar-refractivity contribution in [2.45, 2.75) is 57.9 Å². The van der Waals surface area contributed by atoms with Gasteiger partial charge in [0.25, 0.3) is 20.2 Å². The van der Waals surface area contributed by atoms with Crippen LogP contribution in [0.15, 0.2) is 178 Å². The van der Waals surface area contributed by atoms with Gasteiger partial charge >= 0.3 is 0 Å². The zero-order valence-electron chi connectivity index (χ0n) is 38.2. The second-order valence-corrected chi connectivity index (χ2v) is 19.3. The van der Waals surface area contributed by atoms with E-state index in [4.69, 9.17) is 0 Å². The van der Waals surface area contributed by atoms with Gasteiger partial charge in [-0.15, -0.1) is 10.2 Å². The Labute approximate surface area is 398 Å². The monoisotopic (exact) mass is 959 g/mol. The predicted octanol–water partition coefficient (Wildman–Crippen LogP) is 15.3. The first kappa shape index (κ1) is 47.6. The molecule has 0 fully saturated rings. The average molecular weight is 960 g/mol. The minimum atomic E-state index is -4.81. The van der Waals surface area contributed by atoms with Crippen LogP contribution in [0.5, 0.6) is 5.75 Å². The summed E-state index contributed by atoms with van der Waals surface area (Å²) in [6.07, 6.45) is 0. The molecule has 348 valence electrons. The Morgan fingerprint density at radius 1 is 0.406 bits per heavy atom. The first-order valence-corrected chi connectivity index (χ1v) is 24.3. The van der Waals surface area contributed by atoms with Crippen LogP contribution in [0.4, 0.5) is 51.2 Å².